The van der Waals surface area contributed by atoms with Crippen molar-refractivity contribution >= 4 is 0 Å². The monoisotopic (exact) mass is 218 g/mol. The Hall–Kier alpha value is -1.53. The Morgan fingerprint density at radius 1 is 1.38 bits per heavy atom. The van der Waals surface area contributed by atoms with Gasteiger partial charge in [-0.2, -0.15) is 5.26 Å². The number of nitrogens with zero attached hydrogens (tertiary/aromatic N) is 1. The molecule has 0 saturated heterocycles. The molecule has 1 atom stereocenters. The van der Waals surface area contributed by atoms with Gasteiger partial charge < -0.3 is 10.4 Å². The zero-order chi connectivity index (χ0) is 12.1. The molecule has 0 amide bonds. The average molecular weight is 218 g/mol. The third-order valence-electron chi connectivity index (χ3n) is 2.55. The number of phenols is 1. The molecule has 0 fully saturated rings. The molecule has 0 spiro atoms. The van der Waals surface area contributed by atoms with E-state index < -0.39 is 0 Å². The second-order valence-corrected chi connectivity index (χ2v) is 4.24. The molecule has 1 unspecified atom stereocenters. The molecule has 3 nitrogen and oxygen atoms in total. The summed E-state index contributed by atoms with van der Waals surface area (Å²) in [6.07, 6.45) is 0. The summed E-state index contributed by atoms with van der Waals surface area (Å²) in [7, 11) is 0. The fourth-order valence-electron chi connectivity index (χ4n) is 1.63. The van der Waals surface area contributed by atoms with E-state index in [9.17, 15) is 5.11 Å². The van der Waals surface area contributed by atoms with Crippen LogP contribution in [0, 0.1) is 31.1 Å². The van der Waals surface area contributed by atoms with Crippen molar-refractivity contribution in [2.75, 3.05) is 6.54 Å². The molecule has 2 N–H and O–H groups in total. The van der Waals surface area contributed by atoms with Gasteiger partial charge in [-0.05, 0) is 37.5 Å². The van der Waals surface area contributed by atoms with Crippen LogP contribution in [-0.2, 0) is 6.54 Å². The largest absolute Gasteiger partial charge is 0.507 e. The number of rotatable bonds is 4. The van der Waals surface area contributed by atoms with E-state index in [2.05, 4.69) is 11.4 Å². The lowest BCUT2D eigenvalue weighted by molar-refractivity contribution is 0.466. The van der Waals surface area contributed by atoms with Gasteiger partial charge in [0.2, 0.25) is 0 Å². The number of hydrogen-bond acceptors (Lipinski definition) is 3. The summed E-state index contributed by atoms with van der Waals surface area (Å²) in [6, 6.07) is 6.11. The summed E-state index contributed by atoms with van der Waals surface area (Å²) in [5.74, 6) is 0.397. The van der Waals surface area contributed by atoms with E-state index in [0.717, 1.165) is 23.2 Å². The second kappa shape index (κ2) is 5.53. The lowest BCUT2D eigenvalue weighted by Gasteiger charge is -2.09. The number of benzene rings is 1. The SMILES string of the molecule is Cc1cc(CNCC(C)C#N)cc(C)c1O. The number of aryl methyl sites for hydroxylation is 2. The molecule has 1 aromatic rings. The number of hydrogen-bond donors (Lipinski definition) is 2. The molecule has 0 bridgehead atoms. The first-order valence-corrected chi connectivity index (χ1v) is 5.44. The molecule has 1 aromatic carbocycles. The van der Waals surface area contributed by atoms with Crippen LogP contribution in [0.15, 0.2) is 12.1 Å². The minimum Gasteiger partial charge on any atom is -0.507 e. The van der Waals surface area contributed by atoms with E-state index in [1.165, 1.54) is 0 Å². The summed E-state index contributed by atoms with van der Waals surface area (Å²) >= 11 is 0. The van der Waals surface area contributed by atoms with Crippen molar-refractivity contribution in [3.05, 3.63) is 28.8 Å². The van der Waals surface area contributed by atoms with E-state index in [1.807, 2.05) is 32.9 Å². The summed E-state index contributed by atoms with van der Waals surface area (Å²) in [4.78, 5) is 0. The number of nitriles is 1. The molecule has 0 radical (unpaired) electrons. The Morgan fingerprint density at radius 3 is 2.44 bits per heavy atom. The Bertz CT molecular complexity index is 384. The fraction of sp³-hybridized carbons (Fsp3) is 0.462. The molecule has 0 heterocycles. The Morgan fingerprint density at radius 2 is 1.94 bits per heavy atom. The van der Waals surface area contributed by atoms with Crippen molar-refractivity contribution < 1.29 is 5.11 Å². The third-order valence-corrected chi connectivity index (χ3v) is 2.55. The second-order valence-electron chi connectivity index (χ2n) is 4.24. The molecule has 0 saturated carbocycles. The minimum atomic E-state index is 0.0271. The maximum absolute atomic E-state index is 9.62. The topological polar surface area (TPSA) is 56.0 Å². The molecule has 0 aliphatic heterocycles. The normalized spacial score (nSPS) is 12.1. The van der Waals surface area contributed by atoms with Gasteiger partial charge in [0.15, 0.2) is 0 Å². The van der Waals surface area contributed by atoms with Crippen molar-refractivity contribution in [1.82, 2.24) is 5.32 Å². The van der Waals surface area contributed by atoms with Gasteiger partial charge in [0.25, 0.3) is 0 Å². The van der Waals surface area contributed by atoms with Crippen molar-refractivity contribution in [3.63, 3.8) is 0 Å². The van der Waals surface area contributed by atoms with E-state index >= 15 is 0 Å². The Kier molecular flexibility index (Phi) is 4.33. The molecule has 0 aromatic heterocycles. The van der Waals surface area contributed by atoms with Crippen LogP contribution in [0.4, 0.5) is 0 Å². The third kappa shape index (κ3) is 3.25. The molecule has 16 heavy (non-hydrogen) atoms. The maximum Gasteiger partial charge on any atom is 0.121 e. The van der Waals surface area contributed by atoms with Crippen molar-refractivity contribution in [2.24, 2.45) is 5.92 Å². The lowest BCUT2D eigenvalue weighted by Crippen LogP contribution is -2.19. The van der Waals surface area contributed by atoms with Crippen LogP contribution in [0.5, 0.6) is 5.75 Å². The Labute approximate surface area is 96.7 Å². The van der Waals surface area contributed by atoms with Crippen molar-refractivity contribution in [3.8, 4) is 11.8 Å². The smallest absolute Gasteiger partial charge is 0.121 e. The molecule has 0 aliphatic carbocycles. The van der Waals surface area contributed by atoms with Crippen LogP contribution in [0.2, 0.25) is 0 Å². The molecular formula is C13H18N2O. The van der Waals surface area contributed by atoms with Crippen LogP contribution >= 0.6 is 0 Å². The summed E-state index contributed by atoms with van der Waals surface area (Å²) < 4.78 is 0. The van der Waals surface area contributed by atoms with Gasteiger partial charge in [-0.25, -0.2) is 0 Å². The van der Waals surface area contributed by atoms with Crippen LogP contribution < -0.4 is 5.32 Å². The van der Waals surface area contributed by atoms with Crippen LogP contribution in [0.3, 0.4) is 0 Å². The van der Waals surface area contributed by atoms with E-state index in [0.29, 0.717) is 12.3 Å². The molecule has 86 valence electrons. The predicted octanol–water partition coefficient (Wildman–Crippen LogP) is 2.26. The average Bonchev–Trinajstić information content (AvgIpc) is 2.25. The summed E-state index contributed by atoms with van der Waals surface area (Å²) in [5.41, 5.74) is 2.92. The van der Waals surface area contributed by atoms with Gasteiger partial charge in [-0.3, -0.25) is 0 Å². The van der Waals surface area contributed by atoms with Gasteiger partial charge in [0.1, 0.15) is 5.75 Å². The number of aromatic hydroxyl groups is 1. The zero-order valence-electron chi connectivity index (χ0n) is 10.0. The van der Waals surface area contributed by atoms with Crippen molar-refractivity contribution in [2.45, 2.75) is 27.3 Å². The van der Waals surface area contributed by atoms with Crippen LogP contribution in [-0.4, -0.2) is 11.7 Å². The molecule has 3 heteroatoms. The minimum absolute atomic E-state index is 0.0271. The molecule has 0 aliphatic rings. The summed E-state index contributed by atoms with van der Waals surface area (Å²) in [6.45, 7) is 7.09. The highest BCUT2D eigenvalue weighted by Crippen LogP contribution is 2.22. The standard InChI is InChI=1S/C13H18N2O/c1-9(6-14)7-15-8-12-4-10(2)13(16)11(3)5-12/h4-5,9,15-16H,7-8H2,1-3H3. The predicted molar refractivity (Wildman–Crippen MR) is 64.1 cm³/mol. The van der Waals surface area contributed by atoms with Gasteiger partial charge >= 0.3 is 0 Å². The summed E-state index contributed by atoms with van der Waals surface area (Å²) in [5, 5.41) is 21.5. The molecule has 1 rings (SSSR count). The number of phenolic OH excluding ortho intramolecular Hbond substituents is 1. The molecular weight excluding hydrogens is 200 g/mol. The van der Waals surface area contributed by atoms with Gasteiger partial charge in [0.05, 0.1) is 12.0 Å². The van der Waals surface area contributed by atoms with Crippen LogP contribution in [0.25, 0.3) is 0 Å². The van der Waals surface area contributed by atoms with Gasteiger partial charge in [-0.15, -0.1) is 0 Å². The lowest BCUT2D eigenvalue weighted by atomic mass is 10.1. The Balaban J connectivity index is 2.59. The fourth-order valence-corrected chi connectivity index (χ4v) is 1.63. The number of nitrogens with one attached hydrogen (secondary N) is 1. The highest BCUT2D eigenvalue weighted by molar-refractivity contribution is 5.42. The quantitative estimate of drug-likeness (QED) is 0.815. The highest BCUT2D eigenvalue weighted by Gasteiger charge is 2.04. The van der Waals surface area contributed by atoms with E-state index in [1.54, 1.807) is 0 Å². The highest BCUT2D eigenvalue weighted by atomic mass is 16.3. The zero-order valence-corrected chi connectivity index (χ0v) is 10.0. The first kappa shape index (κ1) is 12.5. The van der Waals surface area contributed by atoms with E-state index in [-0.39, 0.29) is 5.92 Å². The van der Waals surface area contributed by atoms with E-state index in [4.69, 9.17) is 5.26 Å². The van der Waals surface area contributed by atoms with Gasteiger partial charge in [-0.1, -0.05) is 12.1 Å². The van der Waals surface area contributed by atoms with Crippen LogP contribution in [0.1, 0.15) is 23.6 Å². The first-order valence-electron chi connectivity index (χ1n) is 5.44. The van der Waals surface area contributed by atoms with Crippen molar-refractivity contribution in [1.29, 1.82) is 5.26 Å². The first-order chi connectivity index (χ1) is 7.54. The maximum atomic E-state index is 9.62. The van der Waals surface area contributed by atoms with Gasteiger partial charge in [0, 0.05) is 13.1 Å².